The van der Waals surface area contributed by atoms with Gasteiger partial charge in [-0.15, -0.1) is 0 Å². The Morgan fingerprint density at radius 3 is 2.70 bits per heavy atom. The van der Waals surface area contributed by atoms with Crippen LogP contribution in [0, 0.1) is 0 Å². The van der Waals surface area contributed by atoms with E-state index in [1.807, 2.05) is 0 Å². The molecule has 0 amide bonds. The topological polar surface area (TPSA) is 18.5 Å². The molecule has 0 aromatic heterocycles. The van der Waals surface area contributed by atoms with Gasteiger partial charge in [-0.3, -0.25) is 0 Å². The average Bonchev–Trinajstić information content (AvgIpc) is 2.62. The standard InChI is InChI=1S/C17H29N3/c1-17(16-9-5-4-6-10-16)15-20(13-7-11-18-17)14-8-12-19(2)3/h4-6,9-10,18H,7-8,11-15H2,1-3H3. The first kappa shape index (κ1) is 15.5. The monoisotopic (exact) mass is 275 g/mol. The lowest BCUT2D eigenvalue weighted by Crippen LogP contribution is -2.46. The summed E-state index contributed by atoms with van der Waals surface area (Å²) in [4.78, 5) is 4.89. The molecule has 1 aliphatic heterocycles. The zero-order chi connectivity index (χ0) is 14.4. The Bertz CT molecular complexity index is 390. The van der Waals surface area contributed by atoms with Gasteiger partial charge in [0.2, 0.25) is 0 Å². The van der Waals surface area contributed by atoms with Crippen molar-refractivity contribution < 1.29 is 0 Å². The normalized spacial score (nSPS) is 24.8. The largest absolute Gasteiger partial charge is 0.309 e. The number of hydrogen-bond donors (Lipinski definition) is 1. The van der Waals surface area contributed by atoms with Crippen LogP contribution in [0.1, 0.15) is 25.3 Å². The van der Waals surface area contributed by atoms with Crippen LogP contribution < -0.4 is 5.32 Å². The van der Waals surface area contributed by atoms with Gasteiger partial charge in [0.25, 0.3) is 0 Å². The summed E-state index contributed by atoms with van der Waals surface area (Å²) in [6.07, 6.45) is 2.49. The first-order valence-electron chi connectivity index (χ1n) is 7.78. The number of hydrogen-bond acceptors (Lipinski definition) is 3. The maximum Gasteiger partial charge on any atom is 0.0534 e. The molecule has 1 N–H and O–H groups in total. The van der Waals surface area contributed by atoms with Crippen LogP contribution in [0.25, 0.3) is 0 Å². The van der Waals surface area contributed by atoms with Gasteiger partial charge in [0.1, 0.15) is 0 Å². The fourth-order valence-corrected chi connectivity index (χ4v) is 3.05. The Morgan fingerprint density at radius 2 is 2.00 bits per heavy atom. The second-order valence-corrected chi connectivity index (χ2v) is 6.41. The van der Waals surface area contributed by atoms with E-state index in [9.17, 15) is 0 Å². The highest BCUT2D eigenvalue weighted by Crippen LogP contribution is 2.24. The predicted octanol–water partition coefficient (Wildman–Crippen LogP) is 2.15. The van der Waals surface area contributed by atoms with Crippen molar-refractivity contribution in [3.05, 3.63) is 35.9 Å². The fourth-order valence-electron chi connectivity index (χ4n) is 3.05. The highest BCUT2D eigenvalue weighted by atomic mass is 15.2. The molecule has 0 spiro atoms. The molecule has 3 heteroatoms. The molecule has 1 atom stereocenters. The van der Waals surface area contributed by atoms with E-state index in [1.165, 1.54) is 38.0 Å². The lowest BCUT2D eigenvalue weighted by molar-refractivity contribution is 0.211. The van der Waals surface area contributed by atoms with E-state index in [0.717, 1.165) is 13.1 Å². The first-order chi connectivity index (χ1) is 9.60. The van der Waals surface area contributed by atoms with E-state index in [2.05, 4.69) is 66.5 Å². The summed E-state index contributed by atoms with van der Waals surface area (Å²) < 4.78 is 0. The summed E-state index contributed by atoms with van der Waals surface area (Å²) in [7, 11) is 4.30. The molecule has 3 nitrogen and oxygen atoms in total. The van der Waals surface area contributed by atoms with Crippen molar-refractivity contribution in [2.45, 2.75) is 25.3 Å². The molecule has 1 fully saturated rings. The Balaban J connectivity index is 1.99. The molecule has 1 aliphatic rings. The smallest absolute Gasteiger partial charge is 0.0534 e. The van der Waals surface area contributed by atoms with Gasteiger partial charge in [-0.1, -0.05) is 30.3 Å². The van der Waals surface area contributed by atoms with Gasteiger partial charge in [-0.25, -0.2) is 0 Å². The molecular formula is C17H29N3. The molecule has 0 aliphatic carbocycles. The highest BCUT2D eigenvalue weighted by Gasteiger charge is 2.30. The van der Waals surface area contributed by atoms with E-state index in [4.69, 9.17) is 0 Å². The molecule has 112 valence electrons. The quantitative estimate of drug-likeness (QED) is 0.888. The van der Waals surface area contributed by atoms with Crippen LogP contribution in [-0.4, -0.2) is 56.6 Å². The number of nitrogens with zero attached hydrogens (tertiary/aromatic N) is 2. The van der Waals surface area contributed by atoms with Crippen LogP contribution in [0.3, 0.4) is 0 Å². The molecule has 1 heterocycles. The summed E-state index contributed by atoms with van der Waals surface area (Å²) in [6, 6.07) is 10.9. The fraction of sp³-hybridized carbons (Fsp3) is 0.647. The lowest BCUT2D eigenvalue weighted by atomic mass is 9.91. The molecule has 1 aromatic carbocycles. The van der Waals surface area contributed by atoms with Crippen LogP contribution >= 0.6 is 0 Å². The highest BCUT2D eigenvalue weighted by molar-refractivity contribution is 5.24. The number of nitrogens with one attached hydrogen (secondary N) is 1. The predicted molar refractivity (Wildman–Crippen MR) is 86.0 cm³/mol. The van der Waals surface area contributed by atoms with Gasteiger partial charge in [0, 0.05) is 6.54 Å². The second kappa shape index (κ2) is 7.21. The number of rotatable bonds is 5. The van der Waals surface area contributed by atoms with E-state index in [0.29, 0.717) is 0 Å². The molecule has 0 bridgehead atoms. The van der Waals surface area contributed by atoms with Gasteiger partial charge in [0.05, 0.1) is 5.54 Å². The molecule has 1 unspecified atom stereocenters. The van der Waals surface area contributed by atoms with Gasteiger partial charge in [0.15, 0.2) is 0 Å². The molecule has 1 saturated heterocycles. The zero-order valence-corrected chi connectivity index (χ0v) is 13.2. The molecule has 2 rings (SSSR count). The van der Waals surface area contributed by atoms with Crippen molar-refractivity contribution in [2.24, 2.45) is 0 Å². The van der Waals surface area contributed by atoms with Gasteiger partial charge < -0.3 is 15.1 Å². The summed E-state index contributed by atoms with van der Waals surface area (Å²) in [6.45, 7) is 8.13. The van der Waals surface area contributed by atoms with E-state index < -0.39 is 0 Å². The summed E-state index contributed by atoms with van der Waals surface area (Å²) in [5.74, 6) is 0. The molecule has 0 radical (unpaired) electrons. The van der Waals surface area contributed by atoms with Crippen LogP contribution in [0.2, 0.25) is 0 Å². The van der Waals surface area contributed by atoms with Gasteiger partial charge in [-0.2, -0.15) is 0 Å². The minimum absolute atomic E-state index is 0.0792. The Kier molecular flexibility index (Phi) is 5.58. The summed E-state index contributed by atoms with van der Waals surface area (Å²) in [5, 5.41) is 3.75. The molecule has 20 heavy (non-hydrogen) atoms. The van der Waals surface area contributed by atoms with E-state index in [1.54, 1.807) is 0 Å². The third-order valence-corrected chi connectivity index (χ3v) is 4.20. The van der Waals surface area contributed by atoms with Crippen LogP contribution in [0.15, 0.2) is 30.3 Å². The minimum Gasteiger partial charge on any atom is -0.309 e. The first-order valence-corrected chi connectivity index (χ1v) is 7.78. The van der Waals surface area contributed by atoms with E-state index in [-0.39, 0.29) is 5.54 Å². The maximum atomic E-state index is 3.75. The third kappa shape index (κ3) is 4.30. The van der Waals surface area contributed by atoms with Crippen molar-refractivity contribution in [3.8, 4) is 0 Å². The second-order valence-electron chi connectivity index (χ2n) is 6.41. The third-order valence-electron chi connectivity index (χ3n) is 4.20. The number of benzene rings is 1. The lowest BCUT2D eigenvalue weighted by Gasteiger charge is -2.34. The van der Waals surface area contributed by atoms with Crippen LogP contribution in [-0.2, 0) is 5.54 Å². The van der Waals surface area contributed by atoms with Gasteiger partial charge in [-0.05, 0) is 65.6 Å². The Hall–Kier alpha value is -0.900. The van der Waals surface area contributed by atoms with Crippen molar-refractivity contribution in [1.29, 1.82) is 0 Å². The van der Waals surface area contributed by atoms with E-state index >= 15 is 0 Å². The van der Waals surface area contributed by atoms with Crippen molar-refractivity contribution in [1.82, 2.24) is 15.1 Å². The maximum absolute atomic E-state index is 3.75. The van der Waals surface area contributed by atoms with Crippen LogP contribution in [0.5, 0.6) is 0 Å². The van der Waals surface area contributed by atoms with Crippen molar-refractivity contribution in [2.75, 3.05) is 46.8 Å². The SMILES string of the molecule is CN(C)CCCN1CCCNC(C)(c2ccccc2)C1. The van der Waals surface area contributed by atoms with Crippen molar-refractivity contribution >= 4 is 0 Å². The van der Waals surface area contributed by atoms with Crippen LogP contribution in [0.4, 0.5) is 0 Å². The summed E-state index contributed by atoms with van der Waals surface area (Å²) in [5.41, 5.74) is 1.48. The van der Waals surface area contributed by atoms with Crippen molar-refractivity contribution in [3.63, 3.8) is 0 Å². The Morgan fingerprint density at radius 1 is 1.25 bits per heavy atom. The Labute approximate surface area is 124 Å². The summed E-state index contributed by atoms with van der Waals surface area (Å²) >= 11 is 0. The minimum atomic E-state index is 0.0792. The molecular weight excluding hydrogens is 246 g/mol. The molecule has 0 saturated carbocycles. The average molecular weight is 275 g/mol. The van der Waals surface area contributed by atoms with Gasteiger partial charge >= 0.3 is 0 Å². The zero-order valence-electron chi connectivity index (χ0n) is 13.2. The molecule has 1 aromatic rings.